The zero-order valence-electron chi connectivity index (χ0n) is 10.2. The lowest BCUT2D eigenvalue weighted by atomic mass is 10.2. The van der Waals surface area contributed by atoms with Gasteiger partial charge in [-0.25, -0.2) is 9.59 Å². The average molecular weight is 264 g/mol. The van der Waals surface area contributed by atoms with Crippen LogP contribution in [0.3, 0.4) is 0 Å². The van der Waals surface area contributed by atoms with Gasteiger partial charge in [-0.3, -0.25) is 9.36 Å². The zero-order chi connectivity index (χ0) is 14.0. The predicted molar refractivity (Wildman–Crippen MR) is 65.4 cm³/mol. The molecule has 0 bridgehead atoms. The van der Waals surface area contributed by atoms with Crippen molar-refractivity contribution in [3.05, 3.63) is 56.8 Å². The van der Waals surface area contributed by atoms with Crippen LogP contribution in [0.4, 0.5) is 0 Å². The molecule has 0 aliphatic carbocycles. The van der Waals surface area contributed by atoms with E-state index in [1.54, 1.807) is 6.92 Å². The molecule has 100 valence electrons. The van der Waals surface area contributed by atoms with Gasteiger partial charge < -0.3 is 14.1 Å². The fraction of sp³-hybridized carbons (Fsp3) is 0.250. The van der Waals surface area contributed by atoms with Crippen molar-refractivity contribution in [2.75, 3.05) is 0 Å². The van der Waals surface area contributed by atoms with E-state index in [0.717, 1.165) is 4.57 Å². The smallest absolute Gasteiger partial charge is 0.339 e. The molecule has 0 amide bonds. The Morgan fingerprint density at radius 2 is 2.11 bits per heavy atom. The first-order valence-electron chi connectivity index (χ1n) is 5.64. The molecule has 0 saturated heterocycles. The lowest BCUT2D eigenvalue weighted by Gasteiger charge is -2.07. The lowest BCUT2D eigenvalue weighted by molar-refractivity contribution is 0.0694. The molecule has 7 heteroatoms. The third-order valence-electron chi connectivity index (χ3n) is 2.76. The number of nitrogens with zero attached hydrogens (tertiary/aromatic N) is 2. The van der Waals surface area contributed by atoms with Gasteiger partial charge >= 0.3 is 11.7 Å². The molecule has 0 aromatic carbocycles. The Morgan fingerprint density at radius 1 is 1.37 bits per heavy atom. The topological polar surface area (TPSA) is 94.4 Å². The molecule has 0 spiro atoms. The summed E-state index contributed by atoms with van der Waals surface area (Å²) in [5.41, 5.74) is -1.05. The van der Waals surface area contributed by atoms with Crippen LogP contribution in [-0.4, -0.2) is 20.2 Å². The van der Waals surface area contributed by atoms with Crippen LogP contribution in [0.2, 0.25) is 0 Å². The first-order valence-corrected chi connectivity index (χ1v) is 5.64. The summed E-state index contributed by atoms with van der Waals surface area (Å²) in [5.74, 6) is -1.09. The van der Waals surface area contributed by atoms with E-state index in [1.807, 2.05) is 0 Å². The Balaban J connectivity index is 2.50. The number of aromatic nitrogens is 2. The quantitative estimate of drug-likeness (QED) is 0.860. The van der Waals surface area contributed by atoms with Gasteiger partial charge in [-0.1, -0.05) is 0 Å². The normalized spacial score (nSPS) is 10.6. The van der Waals surface area contributed by atoms with E-state index >= 15 is 0 Å². The number of carbonyl (C=O) groups is 1. The second-order valence-electron chi connectivity index (χ2n) is 3.87. The van der Waals surface area contributed by atoms with Gasteiger partial charge in [0, 0.05) is 18.8 Å². The van der Waals surface area contributed by atoms with Gasteiger partial charge in [0.1, 0.15) is 11.3 Å². The van der Waals surface area contributed by atoms with Crippen LogP contribution in [0.5, 0.6) is 0 Å². The third kappa shape index (κ3) is 2.35. The Morgan fingerprint density at radius 3 is 2.74 bits per heavy atom. The highest BCUT2D eigenvalue weighted by Crippen LogP contribution is 2.10. The number of carboxylic acid groups (broad SMARTS) is 1. The molecule has 1 N–H and O–H groups in total. The Labute approximate surface area is 107 Å². The van der Waals surface area contributed by atoms with Crippen LogP contribution in [0.25, 0.3) is 0 Å². The predicted octanol–water partition coefficient (Wildman–Crippen LogP) is 0.369. The van der Waals surface area contributed by atoms with Crippen molar-refractivity contribution >= 4 is 5.97 Å². The highest BCUT2D eigenvalue weighted by Gasteiger charge is 2.15. The number of furan rings is 1. The van der Waals surface area contributed by atoms with Crippen LogP contribution in [0, 0.1) is 0 Å². The fourth-order valence-electron chi connectivity index (χ4n) is 1.74. The average Bonchev–Trinajstić information content (AvgIpc) is 2.83. The summed E-state index contributed by atoms with van der Waals surface area (Å²) in [6, 6.07) is 2.54. The maximum Gasteiger partial charge on any atom is 0.339 e. The van der Waals surface area contributed by atoms with Crippen LogP contribution in [-0.2, 0) is 13.1 Å². The second kappa shape index (κ2) is 4.97. The van der Waals surface area contributed by atoms with Gasteiger partial charge in [0.05, 0.1) is 12.8 Å². The van der Waals surface area contributed by atoms with E-state index in [0.29, 0.717) is 6.54 Å². The van der Waals surface area contributed by atoms with Crippen LogP contribution in [0.1, 0.15) is 23.0 Å². The summed E-state index contributed by atoms with van der Waals surface area (Å²) < 4.78 is 7.32. The van der Waals surface area contributed by atoms with Crippen molar-refractivity contribution < 1.29 is 14.3 Å². The lowest BCUT2D eigenvalue weighted by Crippen LogP contribution is -2.39. The molecule has 0 atom stereocenters. The molecule has 0 aliphatic heterocycles. The maximum atomic E-state index is 12.0. The van der Waals surface area contributed by atoms with Crippen molar-refractivity contribution in [2.24, 2.45) is 0 Å². The van der Waals surface area contributed by atoms with Crippen molar-refractivity contribution in [2.45, 2.75) is 20.0 Å². The number of hydrogen-bond acceptors (Lipinski definition) is 4. The van der Waals surface area contributed by atoms with Gasteiger partial charge in [-0.2, -0.15) is 0 Å². The number of carboxylic acids is 1. The highest BCUT2D eigenvalue weighted by atomic mass is 16.4. The molecule has 0 unspecified atom stereocenters. The van der Waals surface area contributed by atoms with E-state index in [-0.39, 0.29) is 17.9 Å². The first-order chi connectivity index (χ1) is 9.04. The van der Waals surface area contributed by atoms with Gasteiger partial charge in [0.25, 0.3) is 5.56 Å². The minimum atomic E-state index is -1.16. The molecule has 19 heavy (non-hydrogen) atoms. The summed E-state index contributed by atoms with van der Waals surface area (Å²) in [6.45, 7) is 1.99. The molecular formula is C12H12N2O5. The molecule has 2 aromatic heterocycles. The van der Waals surface area contributed by atoms with E-state index in [9.17, 15) is 14.4 Å². The minimum absolute atomic E-state index is 0.0572. The van der Waals surface area contributed by atoms with E-state index in [1.165, 1.54) is 29.2 Å². The summed E-state index contributed by atoms with van der Waals surface area (Å²) >= 11 is 0. The van der Waals surface area contributed by atoms with Crippen molar-refractivity contribution in [3.8, 4) is 0 Å². The molecule has 2 aromatic rings. The van der Waals surface area contributed by atoms with E-state index in [4.69, 9.17) is 9.52 Å². The van der Waals surface area contributed by atoms with E-state index < -0.39 is 17.2 Å². The van der Waals surface area contributed by atoms with E-state index in [2.05, 4.69) is 0 Å². The van der Waals surface area contributed by atoms with Crippen molar-refractivity contribution in [3.63, 3.8) is 0 Å². The van der Waals surface area contributed by atoms with Gasteiger partial charge in [0.15, 0.2) is 0 Å². The summed E-state index contributed by atoms with van der Waals surface area (Å²) in [6.07, 6.45) is 2.62. The minimum Gasteiger partial charge on any atom is -0.478 e. The summed E-state index contributed by atoms with van der Waals surface area (Å²) in [7, 11) is 0. The molecular weight excluding hydrogens is 252 g/mol. The van der Waals surface area contributed by atoms with Crippen LogP contribution in [0.15, 0.2) is 38.6 Å². The third-order valence-corrected chi connectivity index (χ3v) is 2.76. The SMILES string of the molecule is CCn1ccc(=O)n(Cc2occc2C(=O)O)c1=O. The number of hydrogen-bond donors (Lipinski definition) is 1. The molecule has 2 heterocycles. The summed E-state index contributed by atoms with van der Waals surface area (Å²) in [5, 5.41) is 8.94. The largest absolute Gasteiger partial charge is 0.478 e. The Hall–Kier alpha value is -2.57. The Kier molecular flexibility index (Phi) is 3.37. The molecule has 0 aliphatic rings. The van der Waals surface area contributed by atoms with Crippen LogP contribution >= 0.6 is 0 Å². The molecule has 0 fully saturated rings. The van der Waals surface area contributed by atoms with Gasteiger partial charge in [-0.05, 0) is 13.0 Å². The number of aromatic carboxylic acids is 1. The second-order valence-corrected chi connectivity index (χ2v) is 3.87. The number of aryl methyl sites for hydroxylation is 1. The van der Waals surface area contributed by atoms with Crippen LogP contribution < -0.4 is 11.2 Å². The summed E-state index contributed by atoms with van der Waals surface area (Å²) in [4.78, 5) is 34.6. The van der Waals surface area contributed by atoms with Crippen molar-refractivity contribution in [1.82, 2.24) is 9.13 Å². The molecule has 0 saturated carbocycles. The monoisotopic (exact) mass is 264 g/mol. The maximum absolute atomic E-state index is 12.0. The molecule has 2 rings (SSSR count). The Bertz CT molecular complexity index is 722. The highest BCUT2D eigenvalue weighted by molar-refractivity contribution is 5.88. The molecule has 7 nitrogen and oxygen atoms in total. The van der Waals surface area contributed by atoms with Crippen molar-refractivity contribution in [1.29, 1.82) is 0 Å². The van der Waals surface area contributed by atoms with Gasteiger partial charge in [0.2, 0.25) is 0 Å². The molecule has 0 radical (unpaired) electrons. The fourth-order valence-corrected chi connectivity index (χ4v) is 1.74. The first kappa shape index (κ1) is 12.9. The zero-order valence-corrected chi connectivity index (χ0v) is 10.2. The number of rotatable bonds is 4. The standard InChI is InChI=1S/C12H12N2O5/c1-2-13-5-3-10(15)14(12(13)18)7-9-8(11(16)17)4-6-19-9/h3-6H,2,7H2,1H3,(H,16,17). The van der Waals surface area contributed by atoms with Gasteiger partial charge in [-0.15, -0.1) is 0 Å².